The first-order valence-electron chi connectivity index (χ1n) is 6.10. The van der Waals surface area contributed by atoms with Crippen molar-refractivity contribution in [3.05, 3.63) is 62.2 Å². The van der Waals surface area contributed by atoms with Crippen molar-refractivity contribution >= 4 is 27.4 Å². The molecular formula is C14H14BrN3O2. The summed E-state index contributed by atoms with van der Waals surface area (Å²) in [6.07, 6.45) is 1.51. The molecule has 0 fully saturated rings. The molecule has 0 spiro atoms. The van der Waals surface area contributed by atoms with E-state index in [0.29, 0.717) is 11.4 Å². The van der Waals surface area contributed by atoms with E-state index in [1.165, 1.54) is 12.3 Å². The molecule has 6 heteroatoms. The number of pyridine rings is 1. The number of hydrogen-bond acceptors (Lipinski definition) is 4. The van der Waals surface area contributed by atoms with Gasteiger partial charge in [0.1, 0.15) is 5.82 Å². The summed E-state index contributed by atoms with van der Waals surface area (Å²) in [5.41, 5.74) is 1.70. The zero-order valence-corrected chi connectivity index (χ0v) is 12.7. The average Bonchev–Trinajstić information content (AvgIpc) is 2.40. The highest BCUT2D eigenvalue weighted by atomic mass is 79.9. The summed E-state index contributed by atoms with van der Waals surface area (Å²) in [6.45, 7) is 3.65. The third kappa shape index (κ3) is 3.33. The van der Waals surface area contributed by atoms with E-state index in [-0.39, 0.29) is 11.7 Å². The van der Waals surface area contributed by atoms with Gasteiger partial charge in [-0.15, -0.1) is 0 Å². The van der Waals surface area contributed by atoms with E-state index in [9.17, 15) is 10.1 Å². The number of rotatable bonds is 4. The Morgan fingerprint density at radius 3 is 2.80 bits per heavy atom. The molecule has 0 aliphatic heterocycles. The molecule has 0 amide bonds. The Kier molecular flexibility index (Phi) is 4.34. The number of benzene rings is 1. The molecule has 5 nitrogen and oxygen atoms in total. The zero-order valence-electron chi connectivity index (χ0n) is 11.1. The SMILES string of the molecule is Cc1cnc(NC(C)c2cccc(Br)c2)cc1[N+](=O)[O-]. The predicted octanol–water partition coefficient (Wildman–Crippen LogP) is 4.23. The summed E-state index contributed by atoms with van der Waals surface area (Å²) < 4.78 is 0.992. The van der Waals surface area contributed by atoms with E-state index in [1.807, 2.05) is 31.2 Å². The second-order valence-electron chi connectivity index (χ2n) is 4.53. The lowest BCUT2D eigenvalue weighted by atomic mass is 10.1. The Hall–Kier alpha value is -1.95. The number of aryl methyl sites for hydroxylation is 1. The van der Waals surface area contributed by atoms with Crippen molar-refractivity contribution in [3.8, 4) is 0 Å². The van der Waals surface area contributed by atoms with Crippen LogP contribution in [-0.2, 0) is 0 Å². The van der Waals surface area contributed by atoms with Crippen LogP contribution in [0, 0.1) is 17.0 Å². The lowest BCUT2D eigenvalue weighted by Gasteiger charge is -2.15. The van der Waals surface area contributed by atoms with E-state index in [2.05, 4.69) is 26.2 Å². The lowest BCUT2D eigenvalue weighted by Crippen LogP contribution is -2.08. The Labute approximate surface area is 125 Å². The van der Waals surface area contributed by atoms with Gasteiger partial charge in [-0.2, -0.15) is 0 Å². The molecule has 1 aromatic heterocycles. The van der Waals surface area contributed by atoms with Crippen LogP contribution in [0.4, 0.5) is 11.5 Å². The maximum atomic E-state index is 10.9. The molecule has 0 saturated carbocycles. The molecule has 0 saturated heterocycles. The van der Waals surface area contributed by atoms with Gasteiger partial charge in [0.25, 0.3) is 5.69 Å². The van der Waals surface area contributed by atoms with Crippen LogP contribution in [0.15, 0.2) is 41.0 Å². The molecule has 2 rings (SSSR count). The first-order chi connectivity index (χ1) is 9.47. The van der Waals surface area contributed by atoms with Crippen LogP contribution >= 0.6 is 15.9 Å². The topological polar surface area (TPSA) is 68.1 Å². The van der Waals surface area contributed by atoms with E-state index < -0.39 is 4.92 Å². The average molecular weight is 336 g/mol. The monoisotopic (exact) mass is 335 g/mol. The highest BCUT2D eigenvalue weighted by Gasteiger charge is 2.13. The van der Waals surface area contributed by atoms with Crippen LogP contribution in [0.1, 0.15) is 24.1 Å². The standard InChI is InChI=1S/C14H14BrN3O2/c1-9-8-16-14(7-13(9)18(19)20)17-10(2)11-4-3-5-12(15)6-11/h3-8,10H,1-2H3,(H,16,17). The minimum atomic E-state index is -0.397. The highest BCUT2D eigenvalue weighted by molar-refractivity contribution is 9.10. The third-order valence-corrected chi connectivity index (χ3v) is 3.48. The van der Waals surface area contributed by atoms with E-state index >= 15 is 0 Å². The second kappa shape index (κ2) is 6.00. The van der Waals surface area contributed by atoms with Gasteiger partial charge in [0.2, 0.25) is 0 Å². The van der Waals surface area contributed by atoms with Gasteiger partial charge in [-0.05, 0) is 31.5 Å². The van der Waals surface area contributed by atoms with Crippen molar-refractivity contribution in [3.63, 3.8) is 0 Å². The Balaban J connectivity index is 2.22. The van der Waals surface area contributed by atoms with Crippen LogP contribution in [0.5, 0.6) is 0 Å². The van der Waals surface area contributed by atoms with Crippen molar-refractivity contribution < 1.29 is 4.92 Å². The molecule has 2 aromatic rings. The van der Waals surface area contributed by atoms with Gasteiger partial charge in [-0.1, -0.05) is 28.1 Å². The fourth-order valence-corrected chi connectivity index (χ4v) is 2.29. The minimum absolute atomic E-state index is 0.00214. The first-order valence-corrected chi connectivity index (χ1v) is 6.89. The minimum Gasteiger partial charge on any atom is -0.363 e. The molecule has 104 valence electrons. The van der Waals surface area contributed by atoms with Gasteiger partial charge in [0, 0.05) is 22.3 Å². The van der Waals surface area contributed by atoms with Gasteiger partial charge >= 0.3 is 0 Å². The van der Waals surface area contributed by atoms with Gasteiger partial charge < -0.3 is 5.32 Å². The molecule has 0 bridgehead atoms. The van der Waals surface area contributed by atoms with Crippen molar-refractivity contribution in [2.45, 2.75) is 19.9 Å². The Morgan fingerprint density at radius 1 is 1.40 bits per heavy atom. The number of aromatic nitrogens is 1. The van der Waals surface area contributed by atoms with Gasteiger partial charge in [0.15, 0.2) is 0 Å². The smallest absolute Gasteiger partial charge is 0.277 e. The molecule has 0 radical (unpaired) electrons. The van der Waals surface area contributed by atoms with Crippen LogP contribution in [0.2, 0.25) is 0 Å². The largest absolute Gasteiger partial charge is 0.363 e. The summed E-state index contributed by atoms with van der Waals surface area (Å²) in [5.74, 6) is 0.495. The van der Waals surface area contributed by atoms with Crippen molar-refractivity contribution in [2.75, 3.05) is 5.32 Å². The molecule has 1 heterocycles. The van der Waals surface area contributed by atoms with Gasteiger partial charge in [-0.25, -0.2) is 4.98 Å². The lowest BCUT2D eigenvalue weighted by molar-refractivity contribution is -0.385. The van der Waals surface area contributed by atoms with Gasteiger partial charge in [-0.3, -0.25) is 10.1 Å². The summed E-state index contributed by atoms with van der Waals surface area (Å²) in [6, 6.07) is 9.35. The van der Waals surface area contributed by atoms with E-state index in [4.69, 9.17) is 0 Å². The first kappa shape index (κ1) is 14.5. The number of anilines is 1. The third-order valence-electron chi connectivity index (χ3n) is 2.98. The normalized spacial score (nSPS) is 11.9. The summed E-state index contributed by atoms with van der Waals surface area (Å²) in [4.78, 5) is 14.7. The Bertz CT molecular complexity index is 646. The molecule has 1 N–H and O–H groups in total. The molecule has 1 aromatic carbocycles. The highest BCUT2D eigenvalue weighted by Crippen LogP contribution is 2.24. The zero-order chi connectivity index (χ0) is 14.7. The fraction of sp³-hybridized carbons (Fsp3) is 0.214. The molecule has 20 heavy (non-hydrogen) atoms. The second-order valence-corrected chi connectivity index (χ2v) is 5.45. The maximum Gasteiger partial charge on any atom is 0.277 e. The van der Waals surface area contributed by atoms with Crippen LogP contribution in [0.3, 0.4) is 0 Å². The van der Waals surface area contributed by atoms with E-state index in [1.54, 1.807) is 6.92 Å². The maximum absolute atomic E-state index is 10.9. The van der Waals surface area contributed by atoms with Crippen molar-refractivity contribution in [2.24, 2.45) is 0 Å². The van der Waals surface area contributed by atoms with Gasteiger partial charge in [0.05, 0.1) is 11.0 Å². The van der Waals surface area contributed by atoms with Crippen molar-refractivity contribution in [1.82, 2.24) is 4.98 Å². The van der Waals surface area contributed by atoms with E-state index in [0.717, 1.165) is 10.0 Å². The van der Waals surface area contributed by atoms with Crippen molar-refractivity contribution in [1.29, 1.82) is 0 Å². The number of hydrogen-bond donors (Lipinski definition) is 1. The summed E-state index contributed by atoms with van der Waals surface area (Å²) in [7, 11) is 0. The van der Waals surface area contributed by atoms with Crippen LogP contribution < -0.4 is 5.32 Å². The summed E-state index contributed by atoms with van der Waals surface area (Å²) >= 11 is 3.42. The van der Waals surface area contributed by atoms with Crippen LogP contribution in [-0.4, -0.2) is 9.91 Å². The summed E-state index contributed by atoms with van der Waals surface area (Å²) in [5, 5.41) is 14.1. The predicted molar refractivity (Wildman–Crippen MR) is 81.8 cm³/mol. The quantitative estimate of drug-likeness (QED) is 0.670. The number of nitro groups is 1. The number of nitrogens with zero attached hydrogens (tertiary/aromatic N) is 2. The molecule has 0 aliphatic carbocycles. The fourth-order valence-electron chi connectivity index (χ4n) is 1.87. The number of halogens is 1. The molecular weight excluding hydrogens is 322 g/mol. The molecule has 1 atom stereocenters. The Morgan fingerprint density at radius 2 is 2.15 bits per heavy atom. The van der Waals surface area contributed by atoms with Crippen LogP contribution in [0.25, 0.3) is 0 Å². The number of nitrogens with one attached hydrogen (secondary N) is 1. The molecule has 0 aliphatic rings. The molecule has 1 unspecified atom stereocenters.